The van der Waals surface area contributed by atoms with E-state index in [2.05, 4.69) is 0 Å². The summed E-state index contributed by atoms with van der Waals surface area (Å²) in [7, 11) is 0. The highest BCUT2D eigenvalue weighted by molar-refractivity contribution is 5.85. The van der Waals surface area contributed by atoms with E-state index in [1.54, 1.807) is 0 Å². The van der Waals surface area contributed by atoms with Crippen molar-refractivity contribution < 1.29 is 30.0 Å². The molecule has 10 heteroatoms. The van der Waals surface area contributed by atoms with Crippen LogP contribution in [0.5, 0.6) is 0 Å². The van der Waals surface area contributed by atoms with Crippen LogP contribution in [0.2, 0.25) is 0 Å². The third-order valence-electron chi connectivity index (χ3n) is 3.89. The minimum Gasteiger partial charge on any atom is -0.395 e. The summed E-state index contributed by atoms with van der Waals surface area (Å²) in [5, 5.41) is 36.7. The topological polar surface area (TPSA) is 128 Å². The van der Waals surface area contributed by atoms with Crippen LogP contribution in [0.3, 0.4) is 0 Å². The Bertz CT molecular complexity index is 352. The van der Waals surface area contributed by atoms with Crippen molar-refractivity contribution in [2.75, 3.05) is 52.6 Å². The maximum absolute atomic E-state index is 12.4. The van der Waals surface area contributed by atoms with Crippen molar-refractivity contribution in [3.63, 3.8) is 0 Å². The fraction of sp³-hybridized carbons (Fsp3) is 0.833. The molecule has 2 fully saturated rings. The molecule has 0 aliphatic carbocycles. The molecule has 0 bridgehead atoms. The number of fused-ring (bicyclic) bond motifs is 1. The minimum absolute atomic E-state index is 0.0457. The number of carbonyl (C=O) groups is 2. The van der Waals surface area contributed by atoms with Crippen molar-refractivity contribution in [2.24, 2.45) is 0 Å². The van der Waals surface area contributed by atoms with Crippen molar-refractivity contribution in [3.05, 3.63) is 0 Å². The highest BCUT2D eigenvalue weighted by Crippen LogP contribution is 2.34. The van der Waals surface area contributed by atoms with Gasteiger partial charge < -0.3 is 20.4 Å². The Labute approximate surface area is 127 Å². The van der Waals surface area contributed by atoms with Crippen LogP contribution in [0.1, 0.15) is 0 Å². The number of rotatable bonds is 8. The molecule has 2 heterocycles. The molecular formula is C12H22N4O6. The Hall–Kier alpha value is -1.62. The van der Waals surface area contributed by atoms with E-state index in [4.69, 9.17) is 20.4 Å². The minimum atomic E-state index is -0.655. The highest BCUT2D eigenvalue weighted by atomic mass is 16.3. The molecule has 126 valence electrons. The summed E-state index contributed by atoms with van der Waals surface area (Å²) >= 11 is 0. The molecule has 4 amide bonds. The van der Waals surface area contributed by atoms with Crippen LogP contribution in [0, 0.1) is 0 Å². The maximum Gasteiger partial charge on any atom is 0.323 e. The van der Waals surface area contributed by atoms with Gasteiger partial charge in [-0.15, -0.1) is 0 Å². The molecule has 0 radical (unpaired) electrons. The lowest BCUT2D eigenvalue weighted by Gasteiger charge is -2.29. The largest absolute Gasteiger partial charge is 0.395 e. The van der Waals surface area contributed by atoms with Crippen LogP contribution >= 0.6 is 0 Å². The number of amides is 4. The first-order valence-corrected chi connectivity index (χ1v) is 7.20. The van der Waals surface area contributed by atoms with Gasteiger partial charge in [0.05, 0.1) is 26.4 Å². The average Bonchev–Trinajstić information content (AvgIpc) is 2.90. The molecule has 0 saturated carbocycles. The molecule has 2 aliphatic heterocycles. The van der Waals surface area contributed by atoms with Crippen molar-refractivity contribution in [3.8, 4) is 0 Å². The number of aliphatic hydroxyl groups is 4. The Morgan fingerprint density at radius 3 is 1.00 bits per heavy atom. The highest BCUT2D eigenvalue weighted by Gasteiger charge is 2.58. The molecule has 4 N–H and O–H groups in total. The number of β-amino-alcohol motifs (C(OH)–C–C–N with tert-alkyl or cyclic N) is 4. The van der Waals surface area contributed by atoms with Gasteiger partial charge in [0.2, 0.25) is 0 Å². The molecule has 2 rings (SSSR count). The number of nitrogens with zero attached hydrogens (tertiary/aromatic N) is 4. The maximum atomic E-state index is 12.4. The number of urea groups is 2. The van der Waals surface area contributed by atoms with Crippen LogP contribution in [0.4, 0.5) is 9.59 Å². The monoisotopic (exact) mass is 318 g/mol. The predicted molar refractivity (Wildman–Crippen MR) is 73.5 cm³/mol. The quantitative estimate of drug-likeness (QED) is 0.380. The van der Waals surface area contributed by atoms with Gasteiger partial charge in [0, 0.05) is 26.2 Å². The summed E-state index contributed by atoms with van der Waals surface area (Å²) in [4.78, 5) is 30.3. The zero-order valence-corrected chi connectivity index (χ0v) is 12.2. The van der Waals surface area contributed by atoms with Crippen LogP contribution in [0.15, 0.2) is 0 Å². The molecule has 0 aromatic rings. The van der Waals surface area contributed by atoms with Gasteiger partial charge in [0.25, 0.3) is 0 Å². The predicted octanol–water partition coefficient (Wildman–Crippen LogP) is -2.92. The Kier molecular flexibility index (Phi) is 5.40. The molecule has 0 unspecified atom stereocenters. The van der Waals surface area contributed by atoms with Gasteiger partial charge in [-0.05, 0) is 0 Å². The standard InChI is InChI=1S/C12H22N4O6/c17-5-1-13-9-10(15(3-7-19)11(13)21)16(4-8-20)12(22)14(9)2-6-18/h9-10,17-20H,1-8H2. The summed E-state index contributed by atoms with van der Waals surface area (Å²) in [6.45, 7) is -0.860. The van der Waals surface area contributed by atoms with E-state index in [0.717, 1.165) is 0 Å². The molecule has 0 atom stereocenters. The van der Waals surface area contributed by atoms with Gasteiger partial charge in [-0.2, -0.15) is 0 Å². The van der Waals surface area contributed by atoms with Crippen molar-refractivity contribution in [1.82, 2.24) is 19.6 Å². The first-order valence-electron chi connectivity index (χ1n) is 7.20. The lowest BCUT2D eigenvalue weighted by molar-refractivity contribution is 0.0919. The molecule has 0 aromatic heterocycles. The lowest BCUT2D eigenvalue weighted by atomic mass is 10.3. The third kappa shape index (κ3) is 2.58. The molecule has 22 heavy (non-hydrogen) atoms. The van der Waals surface area contributed by atoms with Crippen molar-refractivity contribution in [2.45, 2.75) is 12.3 Å². The number of hydrogen-bond acceptors (Lipinski definition) is 6. The molecule has 2 aliphatic rings. The van der Waals surface area contributed by atoms with Gasteiger partial charge >= 0.3 is 12.1 Å². The molecule has 10 nitrogen and oxygen atoms in total. The van der Waals surface area contributed by atoms with Gasteiger partial charge in [-0.25, -0.2) is 9.59 Å². The van der Waals surface area contributed by atoms with E-state index in [9.17, 15) is 9.59 Å². The first kappa shape index (κ1) is 16.7. The number of hydrogen-bond donors (Lipinski definition) is 4. The second-order valence-corrected chi connectivity index (χ2v) is 5.06. The fourth-order valence-corrected chi connectivity index (χ4v) is 3.11. The summed E-state index contributed by atoms with van der Waals surface area (Å²) in [6.07, 6.45) is -1.31. The second kappa shape index (κ2) is 7.09. The van der Waals surface area contributed by atoms with Crippen molar-refractivity contribution >= 4 is 12.1 Å². The first-order chi connectivity index (χ1) is 10.6. The molecule has 0 spiro atoms. The number of carbonyl (C=O) groups excluding carboxylic acids is 2. The van der Waals surface area contributed by atoms with Gasteiger partial charge in [-0.1, -0.05) is 0 Å². The van der Waals surface area contributed by atoms with Gasteiger partial charge in [0.1, 0.15) is 12.3 Å². The van der Waals surface area contributed by atoms with E-state index in [0.29, 0.717) is 0 Å². The van der Waals surface area contributed by atoms with E-state index < -0.39 is 24.4 Å². The normalized spacial score (nSPS) is 24.7. The van der Waals surface area contributed by atoms with E-state index in [1.807, 2.05) is 0 Å². The SMILES string of the molecule is O=C1N(CCO)C2C(N1CCO)N(CCO)C(=O)N2CCO. The van der Waals surface area contributed by atoms with Crippen LogP contribution < -0.4 is 0 Å². The average molecular weight is 318 g/mol. The summed E-state index contributed by atoms with van der Waals surface area (Å²) in [6, 6.07) is -0.784. The zero-order chi connectivity index (χ0) is 16.3. The fourth-order valence-electron chi connectivity index (χ4n) is 3.11. The Morgan fingerprint density at radius 2 is 0.818 bits per heavy atom. The Balaban J connectivity index is 2.36. The summed E-state index contributed by atoms with van der Waals surface area (Å²) in [5.74, 6) is 0. The van der Waals surface area contributed by atoms with Crippen molar-refractivity contribution in [1.29, 1.82) is 0 Å². The smallest absolute Gasteiger partial charge is 0.323 e. The zero-order valence-electron chi connectivity index (χ0n) is 12.2. The third-order valence-corrected chi connectivity index (χ3v) is 3.89. The molecule has 0 aromatic carbocycles. The molecular weight excluding hydrogens is 296 g/mol. The van der Waals surface area contributed by atoms with Gasteiger partial charge in [-0.3, -0.25) is 19.6 Å². The van der Waals surface area contributed by atoms with Crippen LogP contribution in [-0.2, 0) is 0 Å². The van der Waals surface area contributed by atoms with E-state index in [1.165, 1.54) is 19.6 Å². The van der Waals surface area contributed by atoms with E-state index in [-0.39, 0.29) is 52.6 Å². The Morgan fingerprint density at radius 1 is 0.591 bits per heavy atom. The number of aliphatic hydroxyl groups excluding tert-OH is 4. The van der Waals surface area contributed by atoms with E-state index >= 15 is 0 Å². The second-order valence-electron chi connectivity index (χ2n) is 5.06. The van der Waals surface area contributed by atoms with Gasteiger partial charge in [0.15, 0.2) is 0 Å². The summed E-state index contributed by atoms with van der Waals surface area (Å²) < 4.78 is 0. The van der Waals surface area contributed by atoms with Crippen LogP contribution in [0.25, 0.3) is 0 Å². The lowest BCUT2D eigenvalue weighted by Crippen LogP contribution is -2.48. The molecule has 2 saturated heterocycles. The van der Waals surface area contributed by atoms with Crippen LogP contribution in [-0.4, -0.2) is 117 Å². The summed E-state index contributed by atoms with van der Waals surface area (Å²) in [5.41, 5.74) is 0.